The number of allylic oxidation sites excluding steroid dienone is 4. The van der Waals surface area contributed by atoms with Crippen LogP contribution >= 0.6 is 0 Å². The summed E-state index contributed by atoms with van der Waals surface area (Å²) >= 11 is 0. The fourth-order valence-corrected chi connectivity index (χ4v) is 3.25. The van der Waals surface area contributed by atoms with Crippen molar-refractivity contribution in [2.75, 3.05) is 0 Å². The molecule has 0 bridgehead atoms. The van der Waals surface area contributed by atoms with Crippen molar-refractivity contribution >= 4 is 0 Å². The first kappa shape index (κ1) is 11.0. The van der Waals surface area contributed by atoms with E-state index in [4.69, 9.17) is 0 Å². The van der Waals surface area contributed by atoms with E-state index in [1.54, 1.807) is 11.1 Å². The third-order valence-electron chi connectivity index (χ3n) is 4.59. The zero-order chi connectivity index (χ0) is 11.0. The van der Waals surface area contributed by atoms with E-state index in [-0.39, 0.29) is 0 Å². The van der Waals surface area contributed by atoms with Crippen LogP contribution in [0.2, 0.25) is 0 Å². The maximum absolute atomic E-state index is 2.52. The van der Waals surface area contributed by atoms with E-state index in [2.05, 4.69) is 39.8 Å². The van der Waals surface area contributed by atoms with Gasteiger partial charge in [-0.1, -0.05) is 37.1 Å². The molecule has 0 fully saturated rings. The van der Waals surface area contributed by atoms with E-state index < -0.39 is 0 Å². The van der Waals surface area contributed by atoms with E-state index in [9.17, 15) is 0 Å². The van der Waals surface area contributed by atoms with E-state index in [0.717, 1.165) is 23.7 Å². The normalized spacial score (nSPS) is 35.9. The Hall–Kier alpha value is -0.520. The Kier molecular flexibility index (Phi) is 3.04. The van der Waals surface area contributed by atoms with Gasteiger partial charge in [0.15, 0.2) is 0 Å². The lowest BCUT2D eigenvalue weighted by Crippen LogP contribution is -2.16. The van der Waals surface area contributed by atoms with Crippen LogP contribution in [0.15, 0.2) is 23.3 Å². The summed E-state index contributed by atoms with van der Waals surface area (Å²) in [6, 6.07) is 0. The Morgan fingerprint density at radius 1 is 1.00 bits per heavy atom. The predicted octanol–water partition coefficient (Wildman–Crippen LogP) is 4.58. The van der Waals surface area contributed by atoms with E-state index >= 15 is 0 Å². The third-order valence-corrected chi connectivity index (χ3v) is 4.59. The molecular weight excluding hydrogens is 180 g/mol. The molecule has 0 spiro atoms. The minimum atomic E-state index is 0.834. The van der Waals surface area contributed by atoms with Crippen LogP contribution in [0.4, 0.5) is 0 Å². The summed E-state index contributed by atoms with van der Waals surface area (Å²) in [5.41, 5.74) is 3.30. The Balaban J connectivity index is 2.20. The van der Waals surface area contributed by atoms with Gasteiger partial charge in [-0.3, -0.25) is 0 Å². The molecule has 0 nitrogen and oxygen atoms in total. The van der Waals surface area contributed by atoms with Crippen LogP contribution in [0.1, 0.15) is 47.0 Å². The first-order chi connectivity index (χ1) is 7.09. The fraction of sp³-hybridized carbons (Fsp3) is 0.733. The Bertz CT molecular complexity index is 293. The second kappa shape index (κ2) is 4.15. The first-order valence-corrected chi connectivity index (χ1v) is 6.43. The summed E-state index contributed by atoms with van der Waals surface area (Å²) in [7, 11) is 0. The molecule has 0 aromatic carbocycles. The molecule has 0 saturated heterocycles. The van der Waals surface area contributed by atoms with Crippen LogP contribution in [0.5, 0.6) is 0 Å². The molecule has 2 aliphatic rings. The average molecular weight is 204 g/mol. The van der Waals surface area contributed by atoms with Gasteiger partial charge in [-0.25, -0.2) is 0 Å². The third kappa shape index (κ3) is 2.04. The minimum Gasteiger partial charge on any atom is -0.0850 e. The van der Waals surface area contributed by atoms with Crippen molar-refractivity contribution < 1.29 is 0 Å². The maximum atomic E-state index is 2.52. The van der Waals surface area contributed by atoms with Crippen molar-refractivity contribution in [3.05, 3.63) is 23.3 Å². The van der Waals surface area contributed by atoms with Crippen molar-refractivity contribution in [1.29, 1.82) is 0 Å². The second-order valence-electron chi connectivity index (χ2n) is 5.82. The zero-order valence-electron chi connectivity index (χ0n) is 10.6. The lowest BCUT2D eigenvalue weighted by molar-refractivity contribution is 0.302. The summed E-state index contributed by atoms with van der Waals surface area (Å²) in [4.78, 5) is 0. The van der Waals surface area contributed by atoms with Crippen LogP contribution in [0, 0.1) is 23.7 Å². The minimum absolute atomic E-state index is 0.834. The molecule has 0 aromatic heterocycles. The number of hydrogen-bond acceptors (Lipinski definition) is 0. The number of rotatable bonds is 1. The van der Waals surface area contributed by atoms with Crippen molar-refractivity contribution in [2.45, 2.75) is 47.0 Å². The first-order valence-electron chi connectivity index (χ1n) is 6.43. The molecule has 0 aliphatic heterocycles. The average Bonchev–Trinajstić information content (AvgIpc) is 2.43. The molecule has 0 heterocycles. The molecule has 0 radical (unpaired) electrons. The van der Waals surface area contributed by atoms with Gasteiger partial charge in [0.25, 0.3) is 0 Å². The van der Waals surface area contributed by atoms with Crippen LogP contribution in [0.25, 0.3) is 0 Å². The SMILES string of the molecule is CC1=CC[C@@H](C(C)C)C[C@H]2C(C)=CC[C@@H]12. The largest absolute Gasteiger partial charge is 0.0850 e. The predicted molar refractivity (Wildman–Crippen MR) is 66.7 cm³/mol. The topological polar surface area (TPSA) is 0 Å². The van der Waals surface area contributed by atoms with Gasteiger partial charge in [0.1, 0.15) is 0 Å². The fourth-order valence-electron chi connectivity index (χ4n) is 3.25. The van der Waals surface area contributed by atoms with Gasteiger partial charge in [-0.2, -0.15) is 0 Å². The van der Waals surface area contributed by atoms with E-state index in [1.807, 2.05) is 0 Å². The molecule has 0 unspecified atom stereocenters. The Labute approximate surface area is 94.5 Å². The highest BCUT2D eigenvalue weighted by atomic mass is 14.4. The van der Waals surface area contributed by atoms with E-state index in [0.29, 0.717) is 0 Å². The number of hydrogen-bond donors (Lipinski definition) is 0. The molecule has 0 amide bonds. The van der Waals surface area contributed by atoms with Crippen LogP contribution in [0.3, 0.4) is 0 Å². The Morgan fingerprint density at radius 3 is 2.27 bits per heavy atom. The van der Waals surface area contributed by atoms with Gasteiger partial charge in [-0.15, -0.1) is 0 Å². The zero-order valence-corrected chi connectivity index (χ0v) is 10.6. The van der Waals surface area contributed by atoms with Gasteiger partial charge in [0.05, 0.1) is 0 Å². The molecular formula is C15H24. The maximum Gasteiger partial charge on any atom is -0.0106 e. The summed E-state index contributed by atoms with van der Waals surface area (Å²) in [5.74, 6) is 3.43. The molecule has 0 aromatic rings. The van der Waals surface area contributed by atoms with Gasteiger partial charge in [0, 0.05) is 0 Å². The van der Waals surface area contributed by atoms with Crippen molar-refractivity contribution in [3.63, 3.8) is 0 Å². The highest BCUT2D eigenvalue weighted by Gasteiger charge is 2.33. The molecule has 84 valence electrons. The molecule has 0 N–H and O–H groups in total. The Morgan fingerprint density at radius 2 is 1.60 bits per heavy atom. The molecule has 2 rings (SSSR count). The molecule has 3 atom stereocenters. The van der Waals surface area contributed by atoms with Crippen LogP contribution in [-0.4, -0.2) is 0 Å². The van der Waals surface area contributed by atoms with Crippen LogP contribution in [-0.2, 0) is 0 Å². The smallest absolute Gasteiger partial charge is 0.0106 e. The monoisotopic (exact) mass is 204 g/mol. The standard InChI is InChI=1S/C15H24/c1-10(2)13-7-5-11(3)14-8-6-12(4)15(14)9-13/h5-6,10,13-15H,7-9H2,1-4H3/t13-,14+,15+/m1/s1. The highest BCUT2D eigenvalue weighted by Crippen LogP contribution is 2.44. The molecule has 0 heteroatoms. The van der Waals surface area contributed by atoms with Gasteiger partial charge in [0.2, 0.25) is 0 Å². The lowest BCUT2D eigenvalue weighted by atomic mass is 9.79. The second-order valence-corrected chi connectivity index (χ2v) is 5.82. The number of fused-ring (bicyclic) bond motifs is 1. The van der Waals surface area contributed by atoms with Gasteiger partial charge >= 0.3 is 0 Å². The van der Waals surface area contributed by atoms with Gasteiger partial charge < -0.3 is 0 Å². The molecule has 0 saturated carbocycles. The highest BCUT2D eigenvalue weighted by molar-refractivity contribution is 5.23. The summed E-state index contributed by atoms with van der Waals surface area (Å²) in [6.45, 7) is 9.43. The molecule has 2 aliphatic carbocycles. The lowest BCUT2D eigenvalue weighted by Gasteiger charge is -2.25. The summed E-state index contributed by atoms with van der Waals surface area (Å²) in [5, 5.41) is 0. The quantitative estimate of drug-likeness (QED) is 0.548. The van der Waals surface area contributed by atoms with Crippen molar-refractivity contribution in [1.82, 2.24) is 0 Å². The molecule has 15 heavy (non-hydrogen) atoms. The summed E-state index contributed by atoms with van der Waals surface area (Å²) in [6.07, 6.45) is 9.00. The van der Waals surface area contributed by atoms with Crippen LogP contribution < -0.4 is 0 Å². The van der Waals surface area contributed by atoms with Gasteiger partial charge in [-0.05, 0) is 56.8 Å². The summed E-state index contributed by atoms with van der Waals surface area (Å²) < 4.78 is 0. The van der Waals surface area contributed by atoms with E-state index in [1.165, 1.54) is 19.3 Å². The van der Waals surface area contributed by atoms with Crippen molar-refractivity contribution in [2.24, 2.45) is 23.7 Å². The van der Waals surface area contributed by atoms with Crippen molar-refractivity contribution in [3.8, 4) is 0 Å².